The van der Waals surface area contributed by atoms with Crippen molar-refractivity contribution in [3.63, 3.8) is 0 Å². The third kappa shape index (κ3) is 5.79. The highest BCUT2D eigenvalue weighted by Gasteiger charge is 2.23. The topological polar surface area (TPSA) is 77.8 Å². The van der Waals surface area contributed by atoms with Gasteiger partial charge in [0.2, 0.25) is 0 Å². The molecule has 5 nitrogen and oxygen atoms in total. The Morgan fingerprint density at radius 2 is 1.67 bits per heavy atom. The zero-order valence-electron chi connectivity index (χ0n) is 15.6. The molecule has 1 heterocycles. The molecule has 0 aliphatic carbocycles. The molecule has 0 bridgehead atoms. The molecule has 142 valence electrons. The van der Waals surface area contributed by atoms with Crippen molar-refractivity contribution >= 4 is 11.9 Å². The Morgan fingerprint density at radius 3 is 2.22 bits per heavy atom. The Hall–Kier alpha value is -2.92. The van der Waals surface area contributed by atoms with E-state index in [1.165, 1.54) is 35.1 Å². The summed E-state index contributed by atoms with van der Waals surface area (Å²) in [4.78, 5) is 21.6. The zero-order chi connectivity index (χ0) is 19.8. The van der Waals surface area contributed by atoms with Gasteiger partial charge in [-0.2, -0.15) is 0 Å². The van der Waals surface area contributed by atoms with Crippen LogP contribution in [0.5, 0.6) is 0 Å². The number of carboxylic acid groups (broad SMARTS) is 2. The van der Waals surface area contributed by atoms with E-state index in [1.807, 2.05) is 0 Å². The van der Waals surface area contributed by atoms with Crippen LogP contribution >= 0.6 is 0 Å². The van der Waals surface area contributed by atoms with Crippen LogP contribution in [0.1, 0.15) is 24.5 Å². The Labute approximate surface area is 159 Å². The first kappa shape index (κ1) is 20.4. The molecule has 0 amide bonds. The minimum Gasteiger partial charge on any atom is -0.478 e. The van der Waals surface area contributed by atoms with Gasteiger partial charge in [0, 0.05) is 24.7 Å². The summed E-state index contributed by atoms with van der Waals surface area (Å²) in [6.07, 6.45) is 3.53. The molecule has 0 saturated heterocycles. The van der Waals surface area contributed by atoms with Gasteiger partial charge in [-0.05, 0) is 42.1 Å². The number of carbonyl (C=O) groups is 2. The van der Waals surface area contributed by atoms with Gasteiger partial charge in [-0.3, -0.25) is 4.90 Å². The van der Waals surface area contributed by atoms with Crippen LogP contribution in [0.4, 0.5) is 0 Å². The first-order chi connectivity index (χ1) is 12.9. The number of aliphatic carboxylic acids is 2. The van der Waals surface area contributed by atoms with Crippen LogP contribution in [-0.2, 0) is 22.6 Å². The van der Waals surface area contributed by atoms with Crippen molar-refractivity contribution in [2.75, 3.05) is 7.05 Å². The molecule has 0 fully saturated rings. The van der Waals surface area contributed by atoms with Crippen molar-refractivity contribution in [2.45, 2.75) is 32.4 Å². The highest BCUT2D eigenvalue weighted by molar-refractivity contribution is 5.89. The maximum atomic E-state index is 9.55. The smallest absolute Gasteiger partial charge is 0.328 e. The second-order valence-corrected chi connectivity index (χ2v) is 6.50. The fourth-order valence-electron chi connectivity index (χ4n) is 3.29. The van der Waals surface area contributed by atoms with E-state index >= 15 is 0 Å². The molecule has 2 N–H and O–H groups in total. The molecule has 2 aromatic rings. The van der Waals surface area contributed by atoms with E-state index in [9.17, 15) is 9.59 Å². The zero-order valence-corrected chi connectivity index (χ0v) is 15.6. The van der Waals surface area contributed by atoms with Crippen molar-refractivity contribution in [2.24, 2.45) is 0 Å². The number of carboxylic acids is 2. The number of rotatable bonds is 4. The van der Waals surface area contributed by atoms with E-state index in [-0.39, 0.29) is 0 Å². The van der Waals surface area contributed by atoms with Crippen LogP contribution in [0.3, 0.4) is 0 Å². The molecule has 0 aromatic heterocycles. The molecule has 0 saturated carbocycles. The van der Waals surface area contributed by atoms with E-state index in [4.69, 9.17) is 10.2 Å². The third-order valence-corrected chi connectivity index (χ3v) is 4.68. The fourth-order valence-corrected chi connectivity index (χ4v) is 3.29. The molecular formula is C22H25NO4. The van der Waals surface area contributed by atoms with Gasteiger partial charge >= 0.3 is 11.9 Å². The Kier molecular flexibility index (Phi) is 7.32. The van der Waals surface area contributed by atoms with Gasteiger partial charge in [-0.25, -0.2) is 9.59 Å². The van der Waals surface area contributed by atoms with E-state index < -0.39 is 11.9 Å². The van der Waals surface area contributed by atoms with Crippen molar-refractivity contribution in [1.82, 2.24) is 4.90 Å². The summed E-state index contributed by atoms with van der Waals surface area (Å²) in [5, 5.41) is 15.6. The lowest BCUT2D eigenvalue weighted by Crippen LogP contribution is -2.37. The summed E-state index contributed by atoms with van der Waals surface area (Å²) in [7, 11) is 2.25. The van der Waals surface area contributed by atoms with Crippen molar-refractivity contribution in [3.8, 4) is 11.1 Å². The number of benzene rings is 2. The van der Waals surface area contributed by atoms with Gasteiger partial charge in [-0.1, -0.05) is 55.5 Å². The molecule has 1 aliphatic heterocycles. The van der Waals surface area contributed by atoms with E-state index in [1.54, 1.807) is 0 Å². The number of likely N-dealkylation sites (N-methyl/N-ethyl adjacent to an activating group) is 1. The van der Waals surface area contributed by atoms with Gasteiger partial charge in [0.15, 0.2) is 0 Å². The van der Waals surface area contributed by atoms with Crippen molar-refractivity contribution in [3.05, 3.63) is 71.8 Å². The largest absolute Gasteiger partial charge is 0.478 e. The monoisotopic (exact) mass is 367 g/mol. The summed E-state index contributed by atoms with van der Waals surface area (Å²) < 4.78 is 0. The Balaban J connectivity index is 0.000000279. The summed E-state index contributed by atoms with van der Waals surface area (Å²) in [5.74, 6) is -2.51. The summed E-state index contributed by atoms with van der Waals surface area (Å²) >= 11 is 0. The molecule has 2 aromatic carbocycles. The molecule has 5 heteroatoms. The van der Waals surface area contributed by atoms with Gasteiger partial charge in [0.1, 0.15) is 0 Å². The predicted molar refractivity (Wildman–Crippen MR) is 106 cm³/mol. The average Bonchev–Trinajstić information content (AvgIpc) is 2.66. The SMILES string of the molecule is CCC1Cc2cccc(-c3ccccc3)c2CN1C.O=C(O)C=CC(=O)O. The standard InChI is InChI=1S/C18H21N.C4H4O4/c1-3-16-12-15-10-7-11-17(18(15)13-19(16)2)14-8-5-4-6-9-14;5-3(6)1-2-4(7)8/h4-11,16H,3,12-13H2,1-2H3;1-2H,(H,5,6)(H,7,8). The van der Waals surface area contributed by atoms with Crippen LogP contribution in [0.15, 0.2) is 60.7 Å². The number of nitrogens with zero attached hydrogens (tertiary/aromatic N) is 1. The highest BCUT2D eigenvalue weighted by Crippen LogP contribution is 2.32. The molecule has 27 heavy (non-hydrogen) atoms. The molecule has 0 spiro atoms. The van der Waals surface area contributed by atoms with Gasteiger partial charge in [0.25, 0.3) is 0 Å². The van der Waals surface area contributed by atoms with Crippen LogP contribution in [0.25, 0.3) is 11.1 Å². The maximum absolute atomic E-state index is 9.55. The maximum Gasteiger partial charge on any atom is 0.328 e. The molecule has 3 rings (SSSR count). The van der Waals surface area contributed by atoms with Crippen molar-refractivity contribution in [1.29, 1.82) is 0 Å². The lowest BCUT2D eigenvalue weighted by molar-refractivity contribution is -0.134. The Bertz CT molecular complexity index is 798. The van der Waals surface area contributed by atoms with Crippen LogP contribution in [0, 0.1) is 0 Å². The van der Waals surface area contributed by atoms with E-state index in [0.717, 1.165) is 6.54 Å². The third-order valence-electron chi connectivity index (χ3n) is 4.68. The first-order valence-electron chi connectivity index (χ1n) is 8.92. The minimum absolute atomic E-state index is 0.558. The lowest BCUT2D eigenvalue weighted by atomic mass is 9.88. The van der Waals surface area contributed by atoms with Crippen molar-refractivity contribution < 1.29 is 19.8 Å². The summed E-state index contributed by atoms with van der Waals surface area (Å²) in [6.45, 7) is 3.35. The van der Waals surface area contributed by atoms with Crippen LogP contribution in [0.2, 0.25) is 0 Å². The second kappa shape index (κ2) is 9.69. The highest BCUT2D eigenvalue weighted by atomic mass is 16.4. The second-order valence-electron chi connectivity index (χ2n) is 6.50. The first-order valence-corrected chi connectivity index (χ1v) is 8.92. The lowest BCUT2D eigenvalue weighted by Gasteiger charge is -2.34. The fraction of sp³-hybridized carbons (Fsp3) is 0.273. The van der Waals surface area contributed by atoms with E-state index in [0.29, 0.717) is 18.2 Å². The predicted octanol–water partition coefficient (Wildman–Crippen LogP) is 3.83. The Morgan fingerprint density at radius 1 is 1.04 bits per heavy atom. The quantitative estimate of drug-likeness (QED) is 0.803. The number of hydrogen-bond acceptors (Lipinski definition) is 3. The van der Waals surface area contributed by atoms with E-state index in [2.05, 4.69) is 67.4 Å². The molecule has 0 radical (unpaired) electrons. The molecular weight excluding hydrogens is 342 g/mol. The number of fused-ring (bicyclic) bond motifs is 1. The summed E-state index contributed by atoms with van der Waals surface area (Å²) in [6, 6.07) is 18.2. The van der Waals surface area contributed by atoms with Gasteiger partial charge in [-0.15, -0.1) is 0 Å². The molecule has 1 aliphatic rings. The van der Waals surface area contributed by atoms with Crippen LogP contribution in [-0.4, -0.2) is 40.1 Å². The number of hydrogen-bond donors (Lipinski definition) is 2. The van der Waals surface area contributed by atoms with Gasteiger partial charge in [0.05, 0.1) is 0 Å². The average molecular weight is 367 g/mol. The summed E-state index contributed by atoms with van der Waals surface area (Å²) in [5.41, 5.74) is 5.79. The molecule has 1 unspecified atom stereocenters. The van der Waals surface area contributed by atoms with Crippen LogP contribution < -0.4 is 0 Å². The normalized spacial score (nSPS) is 16.3. The minimum atomic E-state index is -1.26. The molecule has 1 atom stereocenters. The van der Waals surface area contributed by atoms with Gasteiger partial charge < -0.3 is 10.2 Å².